The molecule has 0 atom stereocenters. The number of rotatable bonds is 1. The Morgan fingerprint density at radius 3 is 2.32 bits per heavy atom. The maximum atomic E-state index is 13.2. The Morgan fingerprint density at radius 1 is 1.16 bits per heavy atom. The number of aromatic amines is 1. The van der Waals surface area contributed by atoms with Crippen LogP contribution in [0.2, 0.25) is 0 Å². The molecule has 3 rings (SSSR count). The Labute approximate surface area is 106 Å². The summed E-state index contributed by atoms with van der Waals surface area (Å²) in [4.78, 5) is 22.9. The molecule has 1 aromatic carbocycles. The van der Waals surface area contributed by atoms with Crippen molar-refractivity contribution in [2.45, 2.75) is 13.8 Å². The molecule has 0 bridgehead atoms. The van der Waals surface area contributed by atoms with Crippen LogP contribution in [0.3, 0.4) is 0 Å². The number of Topliss-reactive ketones (excluding diaryl/α,β-unsaturated/α-hetero) is 1. The van der Waals surface area contributed by atoms with Crippen LogP contribution < -0.4 is 0 Å². The molecule has 0 spiro atoms. The maximum absolute atomic E-state index is 13.2. The van der Waals surface area contributed by atoms with Gasteiger partial charge in [-0.3, -0.25) is 4.79 Å². The van der Waals surface area contributed by atoms with E-state index in [-0.39, 0.29) is 16.8 Å². The van der Waals surface area contributed by atoms with Crippen molar-refractivity contribution < 1.29 is 13.6 Å². The van der Waals surface area contributed by atoms with Gasteiger partial charge in [0.2, 0.25) is 0 Å². The molecule has 0 aliphatic rings. The fourth-order valence-corrected chi connectivity index (χ4v) is 2.16. The molecule has 6 heteroatoms. The minimum absolute atomic E-state index is 0.153. The predicted molar refractivity (Wildman–Crippen MR) is 66.1 cm³/mol. The summed E-state index contributed by atoms with van der Waals surface area (Å²) in [6, 6.07) is 1.96. The molecule has 2 aromatic heterocycles. The number of aromatic nitrogens is 3. The molecule has 96 valence electrons. The van der Waals surface area contributed by atoms with Crippen molar-refractivity contribution in [3.8, 4) is 0 Å². The third-order valence-electron chi connectivity index (χ3n) is 2.98. The van der Waals surface area contributed by atoms with E-state index in [4.69, 9.17) is 0 Å². The van der Waals surface area contributed by atoms with Crippen molar-refractivity contribution in [3.63, 3.8) is 0 Å². The first kappa shape index (κ1) is 11.7. The molecule has 0 fully saturated rings. The average molecular weight is 261 g/mol. The second-order valence-electron chi connectivity index (χ2n) is 4.36. The number of nitrogens with one attached hydrogen (secondary N) is 1. The number of benzene rings is 1. The number of nitrogens with zero attached hydrogens (tertiary/aromatic N) is 2. The van der Waals surface area contributed by atoms with Crippen LogP contribution >= 0.6 is 0 Å². The molecular weight excluding hydrogens is 252 g/mol. The number of aryl methyl sites for hydroxylation is 1. The van der Waals surface area contributed by atoms with Gasteiger partial charge in [0.15, 0.2) is 23.1 Å². The first-order valence-electron chi connectivity index (χ1n) is 5.63. The average Bonchev–Trinajstić information content (AvgIpc) is 2.63. The highest BCUT2D eigenvalue weighted by molar-refractivity contribution is 6.07. The van der Waals surface area contributed by atoms with Crippen molar-refractivity contribution in [1.82, 2.24) is 15.0 Å². The topological polar surface area (TPSA) is 58.6 Å². The van der Waals surface area contributed by atoms with Crippen molar-refractivity contribution in [1.29, 1.82) is 0 Å². The van der Waals surface area contributed by atoms with Crippen LogP contribution in [0.15, 0.2) is 12.1 Å². The van der Waals surface area contributed by atoms with Gasteiger partial charge >= 0.3 is 0 Å². The zero-order valence-corrected chi connectivity index (χ0v) is 10.2. The Hall–Kier alpha value is -2.37. The van der Waals surface area contributed by atoms with Crippen LogP contribution in [0.25, 0.3) is 22.2 Å². The monoisotopic (exact) mass is 261 g/mol. The number of halogens is 2. The first-order valence-corrected chi connectivity index (χ1v) is 5.63. The number of carbonyl (C=O) groups is 1. The van der Waals surface area contributed by atoms with E-state index < -0.39 is 11.6 Å². The lowest BCUT2D eigenvalue weighted by atomic mass is 10.1. The minimum Gasteiger partial charge on any atom is -0.341 e. The molecule has 1 N–H and O–H groups in total. The zero-order valence-electron chi connectivity index (χ0n) is 10.2. The number of ketones is 1. The highest BCUT2D eigenvalue weighted by atomic mass is 19.2. The quantitative estimate of drug-likeness (QED) is 0.685. The molecule has 0 saturated carbocycles. The van der Waals surface area contributed by atoms with Crippen molar-refractivity contribution >= 4 is 28.0 Å². The molecule has 19 heavy (non-hydrogen) atoms. The largest absolute Gasteiger partial charge is 0.341 e. The highest BCUT2D eigenvalue weighted by Gasteiger charge is 2.16. The molecule has 4 nitrogen and oxygen atoms in total. The molecule has 0 amide bonds. The van der Waals surface area contributed by atoms with Crippen LogP contribution in [0, 0.1) is 18.6 Å². The smallest absolute Gasteiger partial charge is 0.163 e. The van der Waals surface area contributed by atoms with E-state index in [1.54, 1.807) is 6.92 Å². The second-order valence-corrected chi connectivity index (χ2v) is 4.36. The number of fused-ring (bicyclic) bond motifs is 2. The SMILES string of the molecule is CC(=O)c1c(C)[nH]c2nc3cc(F)c(F)cc3nc12. The molecule has 2 heterocycles. The van der Waals surface area contributed by atoms with Gasteiger partial charge in [0.25, 0.3) is 0 Å². The van der Waals surface area contributed by atoms with Gasteiger partial charge in [-0.15, -0.1) is 0 Å². The van der Waals surface area contributed by atoms with E-state index in [9.17, 15) is 13.6 Å². The summed E-state index contributed by atoms with van der Waals surface area (Å²) >= 11 is 0. The lowest BCUT2D eigenvalue weighted by Crippen LogP contribution is -1.95. The van der Waals surface area contributed by atoms with Crippen LogP contribution in [-0.4, -0.2) is 20.7 Å². The van der Waals surface area contributed by atoms with E-state index in [0.29, 0.717) is 22.4 Å². The van der Waals surface area contributed by atoms with Gasteiger partial charge in [0.1, 0.15) is 5.52 Å². The molecule has 0 saturated heterocycles. The number of hydrogen-bond donors (Lipinski definition) is 1. The van der Waals surface area contributed by atoms with Crippen molar-refractivity contribution in [2.24, 2.45) is 0 Å². The number of hydrogen-bond acceptors (Lipinski definition) is 3. The van der Waals surface area contributed by atoms with Crippen LogP contribution in [0.1, 0.15) is 23.0 Å². The van der Waals surface area contributed by atoms with E-state index in [0.717, 1.165) is 12.1 Å². The van der Waals surface area contributed by atoms with Crippen molar-refractivity contribution in [2.75, 3.05) is 0 Å². The van der Waals surface area contributed by atoms with Gasteiger partial charge in [0, 0.05) is 17.8 Å². The lowest BCUT2D eigenvalue weighted by molar-refractivity contribution is 0.101. The predicted octanol–water partition coefficient (Wildman–Crippen LogP) is 2.90. The molecule has 0 aliphatic carbocycles. The van der Waals surface area contributed by atoms with Gasteiger partial charge in [0.05, 0.1) is 16.6 Å². The second kappa shape index (κ2) is 3.81. The third-order valence-corrected chi connectivity index (χ3v) is 2.98. The van der Waals surface area contributed by atoms with Gasteiger partial charge < -0.3 is 4.98 Å². The zero-order chi connectivity index (χ0) is 13.7. The molecular formula is C13H9F2N3O. The fourth-order valence-electron chi connectivity index (χ4n) is 2.16. The van der Waals surface area contributed by atoms with Gasteiger partial charge in [-0.1, -0.05) is 0 Å². The normalized spacial score (nSPS) is 11.4. The lowest BCUT2D eigenvalue weighted by Gasteiger charge is -1.99. The van der Waals surface area contributed by atoms with Crippen LogP contribution in [0.4, 0.5) is 8.78 Å². The molecule has 0 radical (unpaired) electrons. The van der Waals surface area contributed by atoms with Crippen LogP contribution in [-0.2, 0) is 0 Å². The van der Waals surface area contributed by atoms with Crippen LogP contribution in [0.5, 0.6) is 0 Å². The maximum Gasteiger partial charge on any atom is 0.163 e. The van der Waals surface area contributed by atoms with Gasteiger partial charge in [-0.25, -0.2) is 18.7 Å². The fraction of sp³-hybridized carbons (Fsp3) is 0.154. The molecule has 0 aliphatic heterocycles. The summed E-state index contributed by atoms with van der Waals surface area (Å²) < 4.78 is 26.3. The summed E-state index contributed by atoms with van der Waals surface area (Å²) in [5.41, 5.74) is 2.29. The van der Waals surface area contributed by atoms with E-state index in [1.807, 2.05) is 0 Å². The Kier molecular flexibility index (Phi) is 2.35. The van der Waals surface area contributed by atoms with E-state index >= 15 is 0 Å². The van der Waals surface area contributed by atoms with E-state index in [2.05, 4.69) is 15.0 Å². The standard InChI is InChI=1S/C13H9F2N3O/c1-5-11(6(2)19)12-13(16-5)18-10-4-8(15)7(14)3-9(10)17-12/h3-4H,1-2H3,(H,16,18). The summed E-state index contributed by atoms with van der Waals surface area (Å²) in [6.45, 7) is 3.15. The summed E-state index contributed by atoms with van der Waals surface area (Å²) in [5, 5.41) is 0. The summed E-state index contributed by atoms with van der Waals surface area (Å²) in [6.07, 6.45) is 0. The summed E-state index contributed by atoms with van der Waals surface area (Å²) in [7, 11) is 0. The number of H-pyrrole nitrogens is 1. The van der Waals surface area contributed by atoms with E-state index in [1.165, 1.54) is 6.92 Å². The Balaban J connectivity index is 2.45. The highest BCUT2D eigenvalue weighted by Crippen LogP contribution is 2.23. The van der Waals surface area contributed by atoms with Crippen molar-refractivity contribution in [3.05, 3.63) is 35.0 Å². The van der Waals surface area contributed by atoms with Gasteiger partial charge in [-0.05, 0) is 13.8 Å². The number of carbonyl (C=O) groups excluding carboxylic acids is 1. The molecule has 0 unspecified atom stereocenters. The van der Waals surface area contributed by atoms with Gasteiger partial charge in [-0.2, -0.15) is 0 Å². The third kappa shape index (κ3) is 1.68. The minimum atomic E-state index is -0.988. The first-order chi connectivity index (χ1) is 8.97. The Morgan fingerprint density at radius 2 is 1.74 bits per heavy atom. The summed E-state index contributed by atoms with van der Waals surface area (Å²) in [5.74, 6) is -2.12. The molecule has 3 aromatic rings. The Bertz CT molecular complexity index is 839.